The summed E-state index contributed by atoms with van der Waals surface area (Å²) >= 11 is 5.65. The number of esters is 2. The molecule has 0 fully saturated rings. The Morgan fingerprint density at radius 2 is 2.12 bits per heavy atom. The lowest BCUT2D eigenvalue weighted by molar-refractivity contribution is -0.134. The van der Waals surface area contributed by atoms with Gasteiger partial charge in [-0.1, -0.05) is 19.1 Å². The molecule has 0 saturated heterocycles. The largest absolute Gasteiger partial charge is 0.427 e. The van der Waals surface area contributed by atoms with Crippen LogP contribution in [0.3, 0.4) is 0 Å². The van der Waals surface area contributed by atoms with Crippen LogP contribution in [0.25, 0.3) is 6.08 Å². The van der Waals surface area contributed by atoms with Crippen LogP contribution < -0.4 is 4.74 Å². The van der Waals surface area contributed by atoms with E-state index in [0.29, 0.717) is 16.9 Å². The van der Waals surface area contributed by atoms with Crippen LogP contribution in [0.15, 0.2) is 57.6 Å². The predicted octanol–water partition coefficient (Wildman–Crippen LogP) is 4.71. The Hall–Kier alpha value is -2.00. The number of nitrogens with zero attached hydrogens (tertiary/aromatic N) is 1. The third-order valence-corrected chi connectivity index (χ3v) is 5.81. The summed E-state index contributed by atoms with van der Waals surface area (Å²) in [7, 11) is 0. The quantitative estimate of drug-likeness (QED) is 0.251. The summed E-state index contributed by atoms with van der Waals surface area (Å²) in [5.74, 6) is -0.166. The van der Waals surface area contributed by atoms with Crippen molar-refractivity contribution >= 4 is 62.4 Å². The number of aliphatic imine (C=N–C) groups is 1. The van der Waals surface area contributed by atoms with Gasteiger partial charge in [0.25, 0.3) is 0 Å². The molecule has 3 rings (SSSR count). The van der Waals surface area contributed by atoms with Gasteiger partial charge in [-0.05, 0) is 80.5 Å². The minimum atomic E-state index is -0.523. The van der Waals surface area contributed by atoms with Gasteiger partial charge in [-0.15, -0.1) is 0 Å². The molecule has 132 valence electrons. The van der Waals surface area contributed by atoms with E-state index in [1.807, 2.05) is 18.2 Å². The highest BCUT2D eigenvalue weighted by molar-refractivity contribution is 14.1. The van der Waals surface area contributed by atoms with Crippen molar-refractivity contribution in [1.82, 2.24) is 0 Å². The smallest absolute Gasteiger partial charge is 0.363 e. The van der Waals surface area contributed by atoms with Gasteiger partial charge in [0.1, 0.15) is 5.75 Å². The number of carbonyl (C=O) groups is 2. The monoisotopic (exact) mass is 525 g/mol. The predicted molar refractivity (Wildman–Crippen MR) is 110 cm³/mol. The van der Waals surface area contributed by atoms with Crippen molar-refractivity contribution in [3.63, 3.8) is 0 Å². The Labute approximate surface area is 172 Å². The molecular formula is C19H13BrINO4. The first-order chi connectivity index (χ1) is 12.5. The van der Waals surface area contributed by atoms with E-state index in [4.69, 9.17) is 9.47 Å². The summed E-state index contributed by atoms with van der Waals surface area (Å²) in [6.07, 6.45) is 1.89. The normalized spacial score (nSPS) is 15.0. The van der Waals surface area contributed by atoms with Gasteiger partial charge in [-0.25, -0.2) is 9.79 Å². The van der Waals surface area contributed by atoms with Crippen molar-refractivity contribution in [3.05, 3.63) is 67.3 Å². The van der Waals surface area contributed by atoms with Gasteiger partial charge >= 0.3 is 11.9 Å². The molecule has 0 amide bonds. The third-order valence-electron chi connectivity index (χ3n) is 3.47. The number of halogens is 2. The van der Waals surface area contributed by atoms with Crippen molar-refractivity contribution in [3.8, 4) is 5.75 Å². The minimum absolute atomic E-state index is 0.189. The highest BCUT2D eigenvalue weighted by Crippen LogP contribution is 2.25. The Morgan fingerprint density at radius 1 is 1.31 bits per heavy atom. The summed E-state index contributed by atoms with van der Waals surface area (Å²) in [6, 6.07) is 12.5. The molecule has 0 bridgehead atoms. The average molecular weight is 526 g/mol. The Kier molecular flexibility index (Phi) is 5.87. The van der Waals surface area contributed by atoms with E-state index in [2.05, 4.69) is 43.5 Å². The molecule has 0 unspecified atom stereocenters. The van der Waals surface area contributed by atoms with Gasteiger partial charge in [-0.2, -0.15) is 0 Å². The first kappa shape index (κ1) is 18.8. The average Bonchev–Trinajstić information content (AvgIpc) is 2.98. The standard InChI is InChI=1S/C19H13BrINO4/c1-2-17(23)25-13-5-3-4-11(8-13)9-16-19(24)26-18(22-16)12-6-7-15(21)14(20)10-12/h3-10H,2H2,1H3/b16-9-. The highest BCUT2D eigenvalue weighted by Gasteiger charge is 2.24. The molecule has 2 aromatic rings. The lowest BCUT2D eigenvalue weighted by Gasteiger charge is -2.03. The van der Waals surface area contributed by atoms with Gasteiger partial charge in [-0.3, -0.25) is 4.79 Å². The van der Waals surface area contributed by atoms with Crippen LogP contribution in [0.5, 0.6) is 5.75 Å². The second-order valence-corrected chi connectivity index (χ2v) is 7.38. The molecule has 0 aromatic heterocycles. The van der Waals surface area contributed by atoms with Crippen molar-refractivity contribution in [2.75, 3.05) is 0 Å². The number of cyclic esters (lactones) is 1. The van der Waals surface area contributed by atoms with Crippen LogP contribution in [0.4, 0.5) is 0 Å². The second-order valence-electron chi connectivity index (χ2n) is 5.37. The van der Waals surface area contributed by atoms with Gasteiger partial charge in [0.05, 0.1) is 0 Å². The van der Waals surface area contributed by atoms with Gasteiger partial charge in [0.2, 0.25) is 5.90 Å². The fourth-order valence-electron chi connectivity index (χ4n) is 2.19. The molecule has 2 aromatic carbocycles. The molecule has 1 heterocycles. The van der Waals surface area contributed by atoms with Crippen molar-refractivity contribution < 1.29 is 19.1 Å². The number of carbonyl (C=O) groups excluding carboxylic acids is 2. The molecular weight excluding hydrogens is 513 g/mol. The fourth-order valence-corrected chi connectivity index (χ4v) is 2.91. The Morgan fingerprint density at radius 3 is 2.85 bits per heavy atom. The van der Waals surface area contributed by atoms with Crippen molar-refractivity contribution in [2.24, 2.45) is 4.99 Å². The molecule has 26 heavy (non-hydrogen) atoms. The maximum Gasteiger partial charge on any atom is 0.363 e. The topological polar surface area (TPSA) is 65.0 Å². The van der Waals surface area contributed by atoms with E-state index < -0.39 is 5.97 Å². The summed E-state index contributed by atoms with van der Waals surface area (Å²) < 4.78 is 12.4. The van der Waals surface area contributed by atoms with E-state index in [1.165, 1.54) is 0 Å². The maximum absolute atomic E-state index is 12.1. The van der Waals surface area contributed by atoms with Gasteiger partial charge in [0.15, 0.2) is 5.70 Å². The van der Waals surface area contributed by atoms with Crippen LogP contribution in [0.1, 0.15) is 24.5 Å². The molecule has 0 atom stereocenters. The van der Waals surface area contributed by atoms with E-state index in [1.54, 1.807) is 37.3 Å². The summed E-state index contributed by atoms with van der Waals surface area (Å²) in [4.78, 5) is 27.8. The zero-order chi connectivity index (χ0) is 18.7. The van der Waals surface area contributed by atoms with Crippen LogP contribution in [0, 0.1) is 3.57 Å². The number of rotatable bonds is 4. The van der Waals surface area contributed by atoms with E-state index in [0.717, 1.165) is 8.04 Å². The van der Waals surface area contributed by atoms with Gasteiger partial charge < -0.3 is 9.47 Å². The number of hydrogen-bond donors (Lipinski definition) is 0. The zero-order valence-corrected chi connectivity index (χ0v) is 17.4. The zero-order valence-electron chi connectivity index (χ0n) is 13.7. The second kappa shape index (κ2) is 8.13. The van der Waals surface area contributed by atoms with Crippen LogP contribution >= 0.6 is 38.5 Å². The molecule has 1 aliphatic heterocycles. The molecule has 0 spiro atoms. The number of ether oxygens (including phenoxy) is 2. The molecule has 7 heteroatoms. The van der Waals surface area contributed by atoms with Gasteiger partial charge in [0, 0.05) is 20.0 Å². The Bertz CT molecular complexity index is 952. The van der Waals surface area contributed by atoms with Crippen molar-refractivity contribution in [2.45, 2.75) is 13.3 Å². The first-order valence-corrected chi connectivity index (χ1v) is 9.62. The summed E-state index contributed by atoms with van der Waals surface area (Å²) in [5.41, 5.74) is 1.58. The van der Waals surface area contributed by atoms with Crippen LogP contribution in [-0.2, 0) is 14.3 Å². The molecule has 1 aliphatic rings. The summed E-state index contributed by atoms with van der Waals surface area (Å²) in [5, 5.41) is 0. The third kappa shape index (κ3) is 4.39. The number of hydrogen-bond acceptors (Lipinski definition) is 5. The van der Waals surface area contributed by atoms with Crippen molar-refractivity contribution in [1.29, 1.82) is 0 Å². The maximum atomic E-state index is 12.1. The molecule has 0 saturated carbocycles. The van der Waals surface area contributed by atoms with E-state index in [-0.39, 0.29) is 24.0 Å². The molecule has 5 nitrogen and oxygen atoms in total. The molecule has 0 aliphatic carbocycles. The number of benzene rings is 2. The SMILES string of the molecule is CCC(=O)Oc1cccc(/C=C2\N=C(c3ccc(I)c(Br)c3)OC2=O)c1. The lowest BCUT2D eigenvalue weighted by atomic mass is 10.2. The first-order valence-electron chi connectivity index (χ1n) is 7.75. The lowest BCUT2D eigenvalue weighted by Crippen LogP contribution is -2.06. The fraction of sp³-hybridized carbons (Fsp3) is 0.105. The highest BCUT2D eigenvalue weighted by atomic mass is 127. The van der Waals surface area contributed by atoms with E-state index >= 15 is 0 Å². The van der Waals surface area contributed by atoms with Crippen LogP contribution in [-0.4, -0.2) is 17.8 Å². The van der Waals surface area contributed by atoms with E-state index in [9.17, 15) is 9.59 Å². The summed E-state index contributed by atoms with van der Waals surface area (Å²) in [6.45, 7) is 1.72. The minimum Gasteiger partial charge on any atom is -0.427 e. The molecule has 0 radical (unpaired) electrons. The molecule has 0 N–H and O–H groups in total. The Balaban J connectivity index is 1.87. The van der Waals surface area contributed by atoms with Crippen LogP contribution in [0.2, 0.25) is 0 Å².